The van der Waals surface area contributed by atoms with Gasteiger partial charge in [-0.05, 0) is 43.2 Å². The topological polar surface area (TPSA) is 47.1 Å². The fourth-order valence-electron chi connectivity index (χ4n) is 2.28. The molecule has 0 spiro atoms. The van der Waals surface area contributed by atoms with Crippen molar-refractivity contribution in [3.05, 3.63) is 47.5 Å². The number of fused-ring (bicyclic) bond motifs is 1. The maximum atomic E-state index is 5.98. The van der Waals surface area contributed by atoms with Gasteiger partial charge in [0.2, 0.25) is 0 Å². The summed E-state index contributed by atoms with van der Waals surface area (Å²) in [5.74, 6) is 2.65. The van der Waals surface area contributed by atoms with Gasteiger partial charge >= 0.3 is 0 Å². The average Bonchev–Trinajstić information content (AvgIpc) is 3.00. The third-order valence-electron chi connectivity index (χ3n) is 3.51. The van der Waals surface area contributed by atoms with Crippen LogP contribution in [-0.2, 0) is 0 Å². The molecule has 0 amide bonds. The van der Waals surface area contributed by atoms with E-state index in [1.54, 1.807) is 18.9 Å². The molecule has 0 fully saturated rings. The number of H-pyrrole nitrogens is 1. The Kier molecular flexibility index (Phi) is 5.88. The van der Waals surface area contributed by atoms with E-state index in [4.69, 9.17) is 21.1 Å². The van der Waals surface area contributed by atoms with Crippen molar-refractivity contribution >= 4 is 34.4 Å². The minimum absolute atomic E-state index is 0.698. The highest BCUT2D eigenvalue weighted by atomic mass is 35.5. The fourth-order valence-corrected chi connectivity index (χ4v) is 3.34. The van der Waals surface area contributed by atoms with Crippen LogP contribution in [0.15, 0.2) is 47.6 Å². The van der Waals surface area contributed by atoms with Crippen LogP contribution in [0.1, 0.15) is 12.8 Å². The van der Waals surface area contributed by atoms with Gasteiger partial charge < -0.3 is 14.5 Å². The molecule has 4 nitrogen and oxygen atoms in total. The first-order valence-corrected chi connectivity index (χ1v) is 9.16. The average molecular weight is 363 g/mol. The Bertz CT molecular complexity index is 807. The molecular weight excluding hydrogens is 344 g/mol. The highest BCUT2D eigenvalue weighted by Gasteiger charge is 2.04. The molecule has 0 bridgehead atoms. The van der Waals surface area contributed by atoms with E-state index in [9.17, 15) is 0 Å². The smallest absolute Gasteiger partial charge is 0.166 e. The second-order valence-corrected chi connectivity index (χ2v) is 6.81. The third-order valence-corrected chi connectivity index (χ3v) is 4.70. The van der Waals surface area contributed by atoms with E-state index < -0.39 is 0 Å². The van der Waals surface area contributed by atoms with Crippen LogP contribution in [0.4, 0.5) is 0 Å². The first-order chi connectivity index (χ1) is 11.7. The van der Waals surface area contributed by atoms with E-state index in [0.29, 0.717) is 6.61 Å². The number of nitrogens with zero attached hydrogens (tertiary/aromatic N) is 1. The molecule has 0 saturated carbocycles. The van der Waals surface area contributed by atoms with Crippen molar-refractivity contribution in [1.29, 1.82) is 0 Å². The molecule has 0 unspecified atom stereocenters. The lowest BCUT2D eigenvalue weighted by Crippen LogP contribution is -1.98. The second kappa shape index (κ2) is 8.31. The molecule has 3 aromatic rings. The van der Waals surface area contributed by atoms with Gasteiger partial charge in [0, 0.05) is 16.8 Å². The van der Waals surface area contributed by atoms with Crippen molar-refractivity contribution in [3.8, 4) is 11.5 Å². The van der Waals surface area contributed by atoms with Crippen molar-refractivity contribution < 1.29 is 9.47 Å². The number of nitrogens with one attached hydrogen (secondary N) is 1. The number of unbranched alkanes of at least 4 members (excludes halogenated alkanes) is 1. The maximum Gasteiger partial charge on any atom is 0.166 e. The Morgan fingerprint density at radius 1 is 1.12 bits per heavy atom. The Balaban J connectivity index is 1.38. The van der Waals surface area contributed by atoms with Gasteiger partial charge in [-0.1, -0.05) is 29.4 Å². The molecule has 126 valence electrons. The predicted molar refractivity (Wildman–Crippen MR) is 99.6 cm³/mol. The van der Waals surface area contributed by atoms with Crippen molar-refractivity contribution in [2.75, 3.05) is 19.5 Å². The monoisotopic (exact) mass is 362 g/mol. The summed E-state index contributed by atoms with van der Waals surface area (Å²) in [7, 11) is 1.66. The lowest BCUT2D eigenvalue weighted by Gasteiger charge is -2.07. The quantitative estimate of drug-likeness (QED) is 0.443. The van der Waals surface area contributed by atoms with E-state index in [-0.39, 0.29) is 0 Å². The van der Waals surface area contributed by atoms with E-state index in [0.717, 1.165) is 51.3 Å². The van der Waals surface area contributed by atoms with Crippen LogP contribution >= 0.6 is 23.4 Å². The molecule has 0 aliphatic heterocycles. The van der Waals surface area contributed by atoms with Gasteiger partial charge in [-0.25, -0.2) is 4.98 Å². The number of thioether (sulfide) groups is 1. The van der Waals surface area contributed by atoms with E-state index >= 15 is 0 Å². The lowest BCUT2D eigenvalue weighted by atomic mass is 10.3. The summed E-state index contributed by atoms with van der Waals surface area (Å²) in [6, 6.07) is 13.4. The molecule has 0 saturated heterocycles. The highest BCUT2D eigenvalue weighted by Crippen LogP contribution is 2.23. The van der Waals surface area contributed by atoms with Crippen molar-refractivity contribution in [2.45, 2.75) is 18.0 Å². The normalized spacial score (nSPS) is 10.9. The summed E-state index contributed by atoms with van der Waals surface area (Å²) in [5.41, 5.74) is 1.93. The Morgan fingerprint density at radius 2 is 2.00 bits per heavy atom. The molecular formula is C18H19ClN2O2S. The minimum atomic E-state index is 0.698. The van der Waals surface area contributed by atoms with Crippen LogP contribution in [0.5, 0.6) is 11.5 Å². The molecule has 3 rings (SSSR count). The first kappa shape index (κ1) is 17.0. The number of imidazole rings is 1. The zero-order valence-electron chi connectivity index (χ0n) is 13.4. The van der Waals surface area contributed by atoms with E-state index in [1.807, 2.05) is 42.5 Å². The molecule has 2 aromatic carbocycles. The molecule has 6 heteroatoms. The Labute approximate surface area is 150 Å². The van der Waals surface area contributed by atoms with Gasteiger partial charge in [0.05, 0.1) is 24.8 Å². The zero-order valence-corrected chi connectivity index (χ0v) is 15.0. The summed E-state index contributed by atoms with van der Waals surface area (Å²) in [4.78, 5) is 7.83. The number of methoxy groups -OCH3 is 1. The lowest BCUT2D eigenvalue weighted by molar-refractivity contribution is 0.307. The number of ether oxygens (including phenoxy) is 2. The Hall–Kier alpha value is -1.85. The molecule has 0 aliphatic rings. The SMILES string of the molecule is COc1cccc(OCCCCSc2nc3ccc(Cl)cc3[nH]2)c1. The van der Waals surface area contributed by atoms with Crippen LogP contribution in [0.3, 0.4) is 0 Å². The molecule has 1 heterocycles. The summed E-state index contributed by atoms with van der Waals surface area (Å²) in [6.07, 6.45) is 2.06. The van der Waals surface area contributed by atoms with Crippen LogP contribution in [-0.4, -0.2) is 29.4 Å². The largest absolute Gasteiger partial charge is 0.497 e. The number of aromatic nitrogens is 2. The molecule has 0 aliphatic carbocycles. The number of hydrogen-bond donors (Lipinski definition) is 1. The molecule has 0 radical (unpaired) electrons. The van der Waals surface area contributed by atoms with Crippen LogP contribution < -0.4 is 9.47 Å². The number of benzene rings is 2. The summed E-state index contributed by atoms with van der Waals surface area (Å²) < 4.78 is 10.9. The number of rotatable bonds is 8. The number of aromatic amines is 1. The van der Waals surface area contributed by atoms with Gasteiger partial charge in [0.1, 0.15) is 11.5 Å². The summed E-state index contributed by atoms with van der Waals surface area (Å²) in [5, 5.41) is 1.65. The van der Waals surface area contributed by atoms with Crippen molar-refractivity contribution in [3.63, 3.8) is 0 Å². The van der Waals surface area contributed by atoms with Crippen LogP contribution in [0.2, 0.25) is 5.02 Å². The van der Waals surface area contributed by atoms with Crippen molar-refractivity contribution in [1.82, 2.24) is 9.97 Å². The maximum absolute atomic E-state index is 5.98. The van der Waals surface area contributed by atoms with Gasteiger partial charge in [-0.15, -0.1) is 0 Å². The molecule has 0 atom stereocenters. The first-order valence-electron chi connectivity index (χ1n) is 7.79. The summed E-state index contributed by atoms with van der Waals surface area (Å²) >= 11 is 7.70. The van der Waals surface area contributed by atoms with Gasteiger partial charge in [-0.2, -0.15) is 0 Å². The molecule has 1 N–H and O–H groups in total. The fraction of sp³-hybridized carbons (Fsp3) is 0.278. The third kappa shape index (κ3) is 4.58. The minimum Gasteiger partial charge on any atom is -0.497 e. The van der Waals surface area contributed by atoms with Gasteiger partial charge in [-0.3, -0.25) is 0 Å². The highest BCUT2D eigenvalue weighted by molar-refractivity contribution is 7.99. The Morgan fingerprint density at radius 3 is 2.88 bits per heavy atom. The number of hydrogen-bond acceptors (Lipinski definition) is 4. The zero-order chi connectivity index (χ0) is 16.8. The summed E-state index contributed by atoms with van der Waals surface area (Å²) in [6.45, 7) is 0.698. The standard InChI is InChI=1S/C18H19ClN2O2S/c1-22-14-5-4-6-15(12-14)23-9-2-3-10-24-18-20-16-8-7-13(19)11-17(16)21-18/h4-8,11-12H,2-3,9-10H2,1H3,(H,20,21). The second-order valence-electron chi connectivity index (χ2n) is 5.29. The van der Waals surface area contributed by atoms with E-state index in [2.05, 4.69) is 9.97 Å². The van der Waals surface area contributed by atoms with Crippen LogP contribution in [0.25, 0.3) is 11.0 Å². The van der Waals surface area contributed by atoms with Crippen molar-refractivity contribution in [2.24, 2.45) is 0 Å². The van der Waals surface area contributed by atoms with Crippen LogP contribution in [0, 0.1) is 0 Å². The number of halogens is 1. The molecule has 1 aromatic heterocycles. The van der Waals surface area contributed by atoms with Gasteiger partial charge in [0.25, 0.3) is 0 Å². The molecule has 24 heavy (non-hydrogen) atoms. The predicted octanol–water partition coefficient (Wildman–Crippen LogP) is 5.18. The van der Waals surface area contributed by atoms with Gasteiger partial charge in [0.15, 0.2) is 5.16 Å². The van der Waals surface area contributed by atoms with E-state index in [1.165, 1.54) is 0 Å².